The van der Waals surface area contributed by atoms with Crippen LogP contribution in [0.3, 0.4) is 0 Å². The molecule has 2 heteroatoms. The first-order chi connectivity index (χ1) is 9.29. The largest absolute Gasteiger partial charge is 0.303 e. The van der Waals surface area contributed by atoms with Gasteiger partial charge in [-0.15, -0.1) is 0 Å². The molecule has 2 nitrogen and oxygen atoms in total. The zero-order chi connectivity index (χ0) is 13.5. The average Bonchev–Trinajstić information content (AvgIpc) is 2.46. The highest BCUT2D eigenvalue weighted by Gasteiger charge is 2.09. The lowest BCUT2D eigenvalue weighted by atomic mass is 9.99. The normalized spacial score (nSPS) is 11.8. The van der Waals surface area contributed by atoms with Crippen LogP contribution >= 0.6 is 0 Å². The molecule has 0 heterocycles. The van der Waals surface area contributed by atoms with Crippen LogP contribution in [0.5, 0.6) is 0 Å². The van der Waals surface area contributed by atoms with Crippen molar-refractivity contribution in [1.82, 2.24) is 5.43 Å². The third kappa shape index (κ3) is 3.95. The number of hydrogen-bond donors (Lipinski definition) is 1. The van der Waals surface area contributed by atoms with Gasteiger partial charge in [-0.25, -0.2) is 0 Å². The van der Waals surface area contributed by atoms with Gasteiger partial charge in [0.1, 0.15) is 0 Å². The van der Waals surface area contributed by atoms with Crippen molar-refractivity contribution in [3.8, 4) is 0 Å². The van der Waals surface area contributed by atoms with Crippen molar-refractivity contribution in [2.45, 2.75) is 25.8 Å². The lowest BCUT2D eigenvalue weighted by Gasteiger charge is -2.16. The Kier molecular flexibility index (Phi) is 4.73. The van der Waals surface area contributed by atoms with E-state index in [1.54, 1.807) is 0 Å². The molecule has 0 radical (unpaired) electrons. The summed E-state index contributed by atoms with van der Waals surface area (Å²) in [6, 6.07) is 19.3. The zero-order valence-corrected chi connectivity index (χ0v) is 11.3. The minimum atomic E-state index is 0.222. The molecular formula is C17H20N2. The van der Waals surface area contributed by atoms with Crippen LogP contribution in [-0.2, 0) is 6.42 Å². The second kappa shape index (κ2) is 6.74. The van der Waals surface area contributed by atoms with Crippen molar-refractivity contribution in [3.05, 3.63) is 71.3 Å². The first-order valence-electron chi connectivity index (χ1n) is 6.61. The van der Waals surface area contributed by atoms with Crippen molar-refractivity contribution in [2.75, 3.05) is 0 Å². The van der Waals surface area contributed by atoms with E-state index >= 15 is 0 Å². The van der Waals surface area contributed by atoms with Crippen LogP contribution in [0.2, 0.25) is 0 Å². The molecule has 0 amide bonds. The minimum absolute atomic E-state index is 0.222. The smallest absolute Gasteiger partial charge is 0.0692 e. The molecule has 0 saturated heterocycles. The summed E-state index contributed by atoms with van der Waals surface area (Å²) in [4.78, 5) is 0. The lowest BCUT2D eigenvalue weighted by Crippen LogP contribution is -2.16. The number of hydrazone groups is 1. The Morgan fingerprint density at radius 3 is 2.37 bits per heavy atom. The molecule has 98 valence electrons. The van der Waals surface area contributed by atoms with Gasteiger partial charge in [-0.05, 0) is 30.9 Å². The monoisotopic (exact) mass is 252 g/mol. The number of hydrogen-bond acceptors (Lipinski definition) is 2. The van der Waals surface area contributed by atoms with Crippen molar-refractivity contribution >= 4 is 6.72 Å². The van der Waals surface area contributed by atoms with E-state index in [9.17, 15) is 0 Å². The van der Waals surface area contributed by atoms with E-state index in [-0.39, 0.29) is 6.04 Å². The van der Waals surface area contributed by atoms with Gasteiger partial charge in [-0.1, -0.05) is 60.2 Å². The lowest BCUT2D eigenvalue weighted by molar-refractivity contribution is 0.521. The number of nitrogens with zero attached hydrogens (tertiary/aromatic N) is 1. The summed E-state index contributed by atoms with van der Waals surface area (Å²) in [7, 11) is 0. The van der Waals surface area contributed by atoms with Crippen LogP contribution in [0.15, 0.2) is 59.7 Å². The molecule has 0 fully saturated rings. The van der Waals surface area contributed by atoms with Gasteiger partial charge in [0, 0.05) is 6.72 Å². The molecular weight excluding hydrogens is 232 g/mol. The molecule has 0 aliphatic heterocycles. The summed E-state index contributed by atoms with van der Waals surface area (Å²) >= 11 is 0. The quantitative estimate of drug-likeness (QED) is 0.612. The van der Waals surface area contributed by atoms with Crippen LogP contribution in [0.4, 0.5) is 0 Å². The van der Waals surface area contributed by atoms with E-state index in [0.29, 0.717) is 0 Å². The predicted molar refractivity (Wildman–Crippen MR) is 81.4 cm³/mol. The van der Waals surface area contributed by atoms with Gasteiger partial charge in [0.25, 0.3) is 0 Å². The second-order valence-corrected chi connectivity index (χ2v) is 4.77. The Morgan fingerprint density at radius 2 is 1.74 bits per heavy atom. The molecule has 1 unspecified atom stereocenters. The fourth-order valence-electron chi connectivity index (χ4n) is 2.17. The molecule has 1 atom stereocenters. The van der Waals surface area contributed by atoms with E-state index < -0.39 is 0 Å². The summed E-state index contributed by atoms with van der Waals surface area (Å²) in [5.74, 6) is 0. The Morgan fingerprint density at radius 1 is 1.05 bits per heavy atom. The summed E-state index contributed by atoms with van der Waals surface area (Å²) in [6.07, 6.45) is 2.04. The van der Waals surface area contributed by atoms with Gasteiger partial charge >= 0.3 is 0 Å². The maximum atomic E-state index is 3.84. The van der Waals surface area contributed by atoms with Gasteiger partial charge < -0.3 is 5.43 Å². The van der Waals surface area contributed by atoms with E-state index in [1.807, 2.05) is 6.07 Å². The summed E-state index contributed by atoms with van der Waals surface area (Å²) in [5, 5.41) is 3.84. The second-order valence-electron chi connectivity index (χ2n) is 4.77. The van der Waals surface area contributed by atoms with Gasteiger partial charge in [0.2, 0.25) is 0 Å². The number of rotatable bonds is 6. The summed E-state index contributed by atoms with van der Waals surface area (Å²) in [5.41, 5.74) is 7.01. The molecule has 2 aromatic rings. The molecule has 2 aromatic carbocycles. The third-order valence-electron chi connectivity index (χ3n) is 3.29. The Labute approximate surface area is 115 Å². The summed E-state index contributed by atoms with van der Waals surface area (Å²) in [6.45, 7) is 5.64. The molecule has 1 N–H and O–H groups in total. The maximum absolute atomic E-state index is 3.84. The number of nitrogens with one attached hydrogen (secondary N) is 1. The highest BCUT2D eigenvalue weighted by atomic mass is 15.3. The fraction of sp³-hybridized carbons (Fsp3) is 0.235. The van der Waals surface area contributed by atoms with Gasteiger partial charge in [0.15, 0.2) is 0 Å². The third-order valence-corrected chi connectivity index (χ3v) is 3.29. The molecule has 0 aromatic heterocycles. The van der Waals surface area contributed by atoms with Crippen molar-refractivity contribution in [2.24, 2.45) is 5.10 Å². The number of aryl methyl sites for hydroxylation is 2. The van der Waals surface area contributed by atoms with Gasteiger partial charge in [-0.3, -0.25) is 0 Å². The topological polar surface area (TPSA) is 24.4 Å². The Balaban J connectivity index is 2.01. The highest BCUT2D eigenvalue weighted by molar-refractivity contribution is 5.25. The Bertz CT molecular complexity index is 503. The summed E-state index contributed by atoms with van der Waals surface area (Å²) < 4.78 is 0. The van der Waals surface area contributed by atoms with Crippen LogP contribution in [0, 0.1) is 6.92 Å². The predicted octanol–water partition coefficient (Wildman–Crippen LogP) is 3.87. The molecule has 0 spiro atoms. The van der Waals surface area contributed by atoms with Crippen LogP contribution in [0.1, 0.15) is 29.2 Å². The van der Waals surface area contributed by atoms with E-state index in [4.69, 9.17) is 0 Å². The van der Waals surface area contributed by atoms with E-state index in [2.05, 4.69) is 72.7 Å². The van der Waals surface area contributed by atoms with Crippen LogP contribution in [0.25, 0.3) is 0 Å². The van der Waals surface area contributed by atoms with E-state index in [0.717, 1.165) is 12.8 Å². The maximum Gasteiger partial charge on any atom is 0.0692 e. The molecule has 0 aliphatic rings. The van der Waals surface area contributed by atoms with Gasteiger partial charge in [-0.2, -0.15) is 5.10 Å². The van der Waals surface area contributed by atoms with Crippen molar-refractivity contribution in [1.29, 1.82) is 0 Å². The minimum Gasteiger partial charge on any atom is -0.303 e. The Hall–Kier alpha value is -2.09. The molecule has 2 rings (SSSR count). The molecule has 0 bridgehead atoms. The molecule has 0 aliphatic carbocycles. The first kappa shape index (κ1) is 13.3. The van der Waals surface area contributed by atoms with Crippen molar-refractivity contribution < 1.29 is 0 Å². The number of benzene rings is 2. The van der Waals surface area contributed by atoms with Crippen LogP contribution < -0.4 is 5.43 Å². The average molecular weight is 252 g/mol. The van der Waals surface area contributed by atoms with Crippen molar-refractivity contribution in [3.63, 3.8) is 0 Å². The highest BCUT2D eigenvalue weighted by Crippen LogP contribution is 2.19. The van der Waals surface area contributed by atoms with Gasteiger partial charge in [0.05, 0.1) is 6.04 Å². The van der Waals surface area contributed by atoms with E-state index in [1.165, 1.54) is 16.7 Å². The standard InChI is InChI=1S/C17H20N2/c1-14-8-10-15(11-9-14)12-13-17(19-18-2)16-6-4-3-5-7-16/h3-11,17,19H,2,12-13H2,1H3. The molecule has 0 saturated carbocycles. The zero-order valence-electron chi connectivity index (χ0n) is 11.3. The first-order valence-corrected chi connectivity index (χ1v) is 6.61. The fourth-order valence-corrected chi connectivity index (χ4v) is 2.17. The van der Waals surface area contributed by atoms with Crippen LogP contribution in [-0.4, -0.2) is 6.72 Å². The SMILES string of the molecule is C=NNC(CCc1ccc(C)cc1)c1ccccc1. The molecule has 19 heavy (non-hydrogen) atoms.